The molecule has 1 atom stereocenters. The van der Waals surface area contributed by atoms with Crippen LogP contribution in [0.4, 0.5) is 18.9 Å². The maximum Gasteiger partial charge on any atom is 0.417 e. The van der Waals surface area contributed by atoms with Crippen molar-refractivity contribution in [2.24, 2.45) is 0 Å². The number of alkyl halides is 3. The van der Waals surface area contributed by atoms with Crippen LogP contribution in [0.5, 0.6) is 0 Å². The van der Waals surface area contributed by atoms with E-state index in [0.717, 1.165) is 29.6 Å². The minimum atomic E-state index is -4.61. The number of amides is 1. The van der Waals surface area contributed by atoms with Gasteiger partial charge in [0.2, 0.25) is 5.91 Å². The first kappa shape index (κ1) is 21.2. The molecule has 29 heavy (non-hydrogen) atoms. The van der Waals surface area contributed by atoms with Crippen molar-refractivity contribution in [1.29, 1.82) is 0 Å². The fraction of sp³-hybridized carbons (Fsp3) is 0.211. The van der Waals surface area contributed by atoms with Gasteiger partial charge in [0.05, 0.1) is 15.8 Å². The van der Waals surface area contributed by atoms with Gasteiger partial charge in [-0.15, -0.1) is 10.2 Å². The third kappa shape index (κ3) is 4.91. The number of para-hydroxylation sites is 1. The summed E-state index contributed by atoms with van der Waals surface area (Å²) >= 11 is 6.77. The number of thioether (sulfide) groups is 1. The zero-order chi connectivity index (χ0) is 21.2. The van der Waals surface area contributed by atoms with Gasteiger partial charge in [-0.25, -0.2) is 0 Å². The molecule has 0 fully saturated rings. The second-order valence-corrected chi connectivity index (χ2v) is 7.86. The number of aromatic nitrogens is 3. The first-order valence-corrected chi connectivity index (χ1v) is 9.74. The van der Waals surface area contributed by atoms with Crippen molar-refractivity contribution in [3.63, 3.8) is 0 Å². The molecule has 0 aliphatic heterocycles. The van der Waals surface area contributed by atoms with Crippen LogP contribution in [0, 0.1) is 6.92 Å². The number of halogens is 4. The number of aryl methyl sites for hydroxylation is 1. The molecule has 0 aliphatic rings. The Hall–Kier alpha value is -2.52. The fourth-order valence-corrected chi connectivity index (χ4v) is 3.71. The van der Waals surface area contributed by atoms with E-state index in [9.17, 15) is 18.0 Å². The van der Waals surface area contributed by atoms with Crippen LogP contribution in [0.1, 0.15) is 18.3 Å². The molecule has 3 rings (SSSR count). The third-order valence-electron chi connectivity index (χ3n) is 4.00. The molecular weight excluding hydrogens is 425 g/mol. The quantitative estimate of drug-likeness (QED) is 0.542. The molecule has 5 nitrogen and oxygen atoms in total. The topological polar surface area (TPSA) is 59.8 Å². The van der Waals surface area contributed by atoms with Gasteiger partial charge in [-0.1, -0.05) is 41.6 Å². The van der Waals surface area contributed by atoms with Crippen LogP contribution in [0.15, 0.2) is 53.7 Å². The molecule has 2 aromatic carbocycles. The average molecular weight is 441 g/mol. The highest BCUT2D eigenvalue weighted by Gasteiger charge is 2.33. The molecule has 0 aliphatic carbocycles. The van der Waals surface area contributed by atoms with Crippen molar-refractivity contribution in [3.05, 3.63) is 64.9 Å². The number of nitrogens with one attached hydrogen (secondary N) is 1. The number of anilines is 1. The molecule has 1 N–H and O–H groups in total. The summed E-state index contributed by atoms with van der Waals surface area (Å²) in [4.78, 5) is 12.5. The highest BCUT2D eigenvalue weighted by Crippen LogP contribution is 2.36. The Labute approximate surface area is 174 Å². The predicted octanol–water partition coefficient (Wildman–Crippen LogP) is 5.37. The van der Waals surface area contributed by atoms with Crippen LogP contribution < -0.4 is 5.32 Å². The number of nitrogens with zero attached hydrogens (tertiary/aromatic N) is 3. The van der Waals surface area contributed by atoms with Crippen molar-refractivity contribution >= 4 is 35.0 Å². The molecule has 0 saturated heterocycles. The van der Waals surface area contributed by atoms with Crippen LogP contribution in [0.2, 0.25) is 5.02 Å². The Bertz CT molecular complexity index is 1020. The smallest absolute Gasteiger partial charge is 0.325 e. The molecule has 0 saturated carbocycles. The normalized spacial score (nSPS) is 12.6. The molecule has 1 aromatic heterocycles. The number of hydrogen-bond acceptors (Lipinski definition) is 4. The molecule has 0 radical (unpaired) electrons. The summed E-state index contributed by atoms with van der Waals surface area (Å²) in [7, 11) is 0. The number of hydrogen-bond donors (Lipinski definition) is 1. The Morgan fingerprint density at radius 1 is 1.17 bits per heavy atom. The Balaban J connectivity index is 1.76. The molecule has 0 spiro atoms. The average Bonchev–Trinajstić information content (AvgIpc) is 3.03. The summed E-state index contributed by atoms with van der Waals surface area (Å²) in [5.74, 6) is 0.185. The van der Waals surface area contributed by atoms with Gasteiger partial charge in [0.25, 0.3) is 0 Å². The SMILES string of the molecule is Cc1nnc(SC(C)C(=O)Nc2ccc(Cl)c(C(F)(F)F)c2)n1-c1ccccc1. The molecule has 3 aromatic rings. The summed E-state index contributed by atoms with van der Waals surface area (Å²) in [5, 5.41) is 10.1. The molecule has 10 heteroatoms. The summed E-state index contributed by atoms with van der Waals surface area (Å²) in [6, 6.07) is 12.6. The summed E-state index contributed by atoms with van der Waals surface area (Å²) in [6.45, 7) is 3.43. The standard InChI is InChI=1S/C19H16ClF3N4OS/c1-11(17(28)24-13-8-9-16(20)15(10-13)19(21,22)23)29-18-26-25-12(2)27(18)14-6-4-3-5-7-14/h3-11H,1-2H3,(H,24,28). The van der Waals surface area contributed by atoms with Crippen molar-refractivity contribution < 1.29 is 18.0 Å². The van der Waals surface area contributed by atoms with Gasteiger partial charge in [0, 0.05) is 11.4 Å². The van der Waals surface area contributed by atoms with E-state index in [-0.39, 0.29) is 5.69 Å². The highest BCUT2D eigenvalue weighted by atomic mass is 35.5. The fourth-order valence-electron chi connectivity index (χ4n) is 2.57. The number of carbonyl (C=O) groups excluding carboxylic acids is 1. The van der Waals surface area contributed by atoms with Gasteiger partial charge in [-0.3, -0.25) is 9.36 Å². The predicted molar refractivity (Wildman–Crippen MR) is 106 cm³/mol. The second-order valence-electron chi connectivity index (χ2n) is 6.14. The van der Waals surface area contributed by atoms with E-state index in [4.69, 9.17) is 11.6 Å². The van der Waals surface area contributed by atoms with Crippen LogP contribution in [0.3, 0.4) is 0 Å². The van der Waals surface area contributed by atoms with Crippen LogP contribution in [0.25, 0.3) is 5.69 Å². The number of rotatable bonds is 5. The highest BCUT2D eigenvalue weighted by molar-refractivity contribution is 8.00. The molecule has 1 amide bonds. The maximum atomic E-state index is 13.0. The van der Waals surface area contributed by atoms with E-state index in [2.05, 4.69) is 15.5 Å². The Morgan fingerprint density at radius 3 is 2.52 bits per heavy atom. The first-order chi connectivity index (χ1) is 13.7. The van der Waals surface area contributed by atoms with E-state index in [1.54, 1.807) is 18.4 Å². The lowest BCUT2D eigenvalue weighted by atomic mass is 10.2. The van der Waals surface area contributed by atoms with Crippen LogP contribution >= 0.6 is 23.4 Å². The van der Waals surface area contributed by atoms with Crippen LogP contribution in [-0.2, 0) is 11.0 Å². The molecule has 1 heterocycles. The van der Waals surface area contributed by atoms with E-state index in [1.165, 1.54) is 6.07 Å². The van der Waals surface area contributed by atoms with Gasteiger partial charge in [0.1, 0.15) is 5.82 Å². The van der Waals surface area contributed by atoms with E-state index >= 15 is 0 Å². The lowest BCUT2D eigenvalue weighted by Crippen LogP contribution is -2.23. The van der Waals surface area contributed by atoms with Gasteiger partial charge >= 0.3 is 6.18 Å². The molecule has 1 unspecified atom stereocenters. The van der Waals surface area contributed by atoms with Gasteiger partial charge in [-0.2, -0.15) is 13.2 Å². The molecule has 152 valence electrons. The maximum absolute atomic E-state index is 13.0. The van der Waals surface area contributed by atoms with Crippen molar-refractivity contribution in [2.45, 2.75) is 30.4 Å². The second kappa shape index (κ2) is 8.46. The van der Waals surface area contributed by atoms with Gasteiger partial charge in [0.15, 0.2) is 5.16 Å². The zero-order valence-electron chi connectivity index (χ0n) is 15.4. The Morgan fingerprint density at radius 2 is 1.86 bits per heavy atom. The van der Waals surface area contributed by atoms with Crippen LogP contribution in [-0.4, -0.2) is 25.9 Å². The lowest BCUT2D eigenvalue weighted by Gasteiger charge is -2.15. The minimum Gasteiger partial charge on any atom is -0.325 e. The zero-order valence-corrected chi connectivity index (χ0v) is 16.9. The van der Waals surface area contributed by atoms with Crippen molar-refractivity contribution in [2.75, 3.05) is 5.32 Å². The van der Waals surface area contributed by atoms with Gasteiger partial charge in [-0.05, 0) is 44.2 Å². The molecule has 0 bridgehead atoms. The lowest BCUT2D eigenvalue weighted by molar-refractivity contribution is -0.137. The monoisotopic (exact) mass is 440 g/mol. The van der Waals surface area contributed by atoms with Crippen molar-refractivity contribution in [1.82, 2.24) is 14.8 Å². The Kier molecular flexibility index (Phi) is 6.18. The molecular formula is C19H16ClF3N4OS. The summed E-state index contributed by atoms with van der Waals surface area (Å²) < 4.78 is 40.8. The summed E-state index contributed by atoms with van der Waals surface area (Å²) in [5.41, 5.74) is -0.144. The third-order valence-corrected chi connectivity index (χ3v) is 5.37. The summed E-state index contributed by atoms with van der Waals surface area (Å²) in [6.07, 6.45) is -4.61. The van der Waals surface area contributed by atoms with Gasteiger partial charge < -0.3 is 5.32 Å². The van der Waals surface area contributed by atoms with E-state index in [1.807, 2.05) is 30.3 Å². The first-order valence-electron chi connectivity index (χ1n) is 8.48. The number of carbonyl (C=O) groups is 1. The van der Waals surface area contributed by atoms with E-state index < -0.39 is 27.9 Å². The van der Waals surface area contributed by atoms with Crippen molar-refractivity contribution in [3.8, 4) is 5.69 Å². The minimum absolute atomic E-state index is 0.0138. The number of benzene rings is 2. The van der Waals surface area contributed by atoms with E-state index in [0.29, 0.717) is 11.0 Å². The largest absolute Gasteiger partial charge is 0.417 e.